The number of nitrogens with zero attached hydrogens (tertiary/aromatic N) is 3. The number of para-hydroxylation sites is 2. The molecule has 3 aromatic rings. The van der Waals surface area contributed by atoms with Crippen molar-refractivity contribution in [1.82, 2.24) is 14.9 Å². The highest BCUT2D eigenvalue weighted by Gasteiger charge is 2.29. The normalized spacial score (nSPS) is 16.7. The first-order chi connectivity index (χ1) is 13.5. The third kappa shape index (κ3) is 3.67. The van der Waals surface area contributed by atoms with Crippen molar-refractivity contribution in [2.45, 2.75) is 33.3 Å². The lowest BCUT2D eigenvalue weighted by molar-refractivity contribution is -0.133. The number of aryl methyl sites for hydroxylation is 1. The molecule has 1 atom stereocenters. The summed E-state index contributed by atoms with van der Waals surface area (Å²) in [5.74, 6) is 1.75. The number of fused-ring (bicyclic) bond motifs is 1. The molecular weight excluding hydrogens is 372 g/mol. The zero-order valence-corrected chi connectivity index (χ0v) is 17.1. The number of likely N-dealkylation sites (tertiary alicyclic amines) is 1. The second-order valence-corrected chi connectivity index (χ2v) is 8.27. The maximum atomic E-state index is 12.2. The number of rotatable bonds is 5. The van der Waals surface area contributed by atoms with Crippen LogP contribution in [0.2, 0.25) is 0 Å². The first kappa shape index (κ1) is 18.7. The Morgan fingerprint density at radius 1 is 1.32 bits per heavy atom. The molecule has 0 aliphatic carbocycles. The number of ether oxygens (including phenoxy) is 1. The molecule has 6 nitrogen and oxygen atoms in total. The Bertz CT molecular complexity index is 1000. The van der Waals surface area contributed by atoms with Gasteiger partial charge in [0.25, 0.3) is 0 Å². The van der Waals surface area contributed by atoms with E-state index in [2.05, 4.69) is 27.6 Å². The molecule has 1 aliphatic heterocycles. The van der Waals surface area contributed by atoms with Gasteiger partial charge in [0.2, 0.25) is 5.91 Å². The number of aromatic nitrogens is 2. The van der Waals surface area contributed by atoms with E-state index in [0.717, 1.165) is 46.0 Å². The number of nitrogens with one attached hydrogen (secondary N) is 1. The molecule has 1 aliphatic rings. The topological polar surface area (TPSA) is 67.4 Å². The fraction of sp³-hybridized carbons (Fsp3) is 0.381. The number of hydrogen-bond donors (Lipinski definition) is 1. The molecule has 28 heavy (non-hydrogen) atoms. The minimum atomic E-state index is -0.000971. The molecule has 1 unspecified atom stereocenters. The minimum Gasteiger partial charge on any atom is -0.486 e. The fourth-order valence-electron chi connectivity index (χ4n) is 3.48. The largest absolute Gasteiger partial charge is 0.486 e. The summed E-state index contributed by atoms with van der Waals surface area (Å²) >= 11 is 1.61. The van der Waals surface area contributed by atoms with Gasteiger partial charge in [0.15, 0.2) is 0 Å². The van der Waals surface area contributed by atoms with Gasteiger partial charge in [-0.25, -0.2) is 9.97 Å². The smallest absolute Gasteiger partial charge is 0.225 e. The Morgan fingerprint density at radius 3 is 2.96 bits per heavy atom. The summed E-state index contributed by atoms with van der Waals surface area (Å²) in [7, 11) is 0. The molecule has 7 heteroatoms. The van der Waals surface area contributed by atoms with E-state index in [-0.39, 0.29) is 17.9 Å². The number of anilines is 2. The maximum absolute atomic E-state index is 12.2. The number of hydrogen-bond acceptors (Lipinski definition) is 6. The quantitative estimate of drug-likeness (QED) is 0.693. The van der Waals surface area contributed by atoms with Crippen LogP contribution in [0.4, 0.5) is 11.5 Å². The first-order valence-corrected chi connectivity index (χ1v) is 10.4. The van der Waals surface area contributed by atoms with E-state index in [1.807, 2.05) is 43.0 Å². The monoisotopic (exact) mass is 396 g/mol. The van der Waals surface area contributed by atoms with Gasteiger partial charge in [-0.3, -0.25) is 4.79 Å². The highest BCUT2D eigenvalue weighted by atomic mass is 32.1. The van der Waals surface area contributed by atoms with E-state index in [0.29, 0.717) is 6.54 Å². The molecule has 1 aromatic carbocycles. The summed E-state index contributed by atoms with van der Waals surface area (Å²) < 4.78 is 6.27. The van der Waals surface area contributed by atoms with Gasteiger partial charge in [-0.2, -0.15) is 0 Å². The number of carbonyl (C=O) groups is 1. The lowest BCUT2D eigenvalue weighted by atomic mass is 10.2. The molecule has 1 fully saturated rings. The summed E-state index contributed by atoms with van der Waals surface area (Å²) in [5.41, 5.74) is 2.02. The third-order valence-electron chi connectivity index (χ3n) is 4.94. The molecule has 0 spiro atoms. The highest BCUT2D eigenvalue weighted by molar-refractivity contribution is 7.17. The standard InChI is InChI=1S/C21H24N4O2S/c1-13(2)21(26)25-9-8-15(10-25)27-17-7-5-4-6-16(17)24-19-18-14(3)11-28-20(18)23-12-22-19/h4-7,11-13,15H,8-10H2,1-3H3,(H,22,23,24). The van der Waals surface area contributed by atoms with E-state index in [4.69, 9.17) is 4.74 Å². The number of carbonyl (C=O) groups excluding carboxylic acids is 1. The SMILES string of the molecule is Cc1csc2ncnc(Nc3ccccc3OC3CCN(C(=O)C(C)C)C3)c12. The van der Waals surface area contributed by atoms with E-state index in [1.165, 1.54) is 0 Å². The van der Waals surface area contributed by atoms with E-state index in [9.17, 15) is 4.79 Å². The number of amides is 1. The van der Waals surface area contributed by atoms with Gasteiger partial charge in [0.05, 0.1) is 17.6 Å². The van der Waals surface area contributed by atoms with Crippen molar-refractivity contribution in [1.29, 1.82) is 0 Å². The summed E-state index contributed by atoms with van der Waals surface area (Å²) in [5, 5.41) is 6.55. The zero-order valence-electron chi connectivity index (χ0n) is 16.3. The molecule has 0 saturated carbocycles. The average molecular weight is 397 g/mol. The second kappa shape index (κ2) is 7.75. The third-order valence-corrected chi connectivity index (χ3v) is 5.94. The predicted octanol–water partition coefficient (Wildman–Crippen LogP) is 4.38. The number of thiophene rings is 1. The van der Waals surface area contributed by atoms with Crippen molar-refractivity contribution in [3.63, 3.8) is 0 Å². The van der Waals surface area contributed by atoms with Gasteiger partial charge in [-0.1, -0.05) is 26.0 Å². The molecule has 0 bridgehead atoms. The molecule has 3 heterocycles. The van der Waals surface area contributed by atoms with Crippen molar-refractivity contribution >= 4 is 39.0 Å². The molecule has 4 rings (SSSR count). The van der Waals surface area contributed by atoms with E-state index in [1.54, 1.807) is 17.7 Å². The van der Waals surface area contributed by atoms with E-state index < -0.39 is 0 Å². The van der Waals surface area contributed by atoms with Crippen LogP contribution >= 0.6 is 11.3 Å². The van der Waals surface area contributed by atoms with Crippen molar-refractivity contribution in [3.05, 3.63) is 41.5 Å². The van der Waals surface area contributed by atoms with Crippen LogP contribution in [0.5, 0.6) is 5.75 Å². The molecule has 1 N–H and O–H groups in total. The van der Waals surface area contributed by atoms with Gasteiger partial charge in [-0.15, -0.1) is 11.3 Å². The Hall–Kier alpha value is -2.67. The molecule has 0 radical (unpaired) electrons. The summed E-state index contributed by atoms with van der Waals surface area (Å²) in [4.78, 5) is 23.9. The molecular formula is C21H24N4O2S. The van der Waals surface area contributed by atoms with Crippen LogP contribution in [-0.4, -0.2) is 40.0 Å². The Kier molecular flexibility index (Phi) is 5.17. The van der Waals surface area contributed by atoms with Crippen LogP contribution in [0, 0.1) is 12.8 Å². The van der Waals surface area contributed by atoms with Crippen LogP contribution in [0.3, 0.4) is 0 Å². The molecule has 1 amide bonds. The van der Waals surface area contributed by atoms with Crippen molar-refractivity contribution < 1.29 is 9.53 Å². The number of benzene rings is 1. The fourth-order valence-corrected chi connectivity index (χ4v) is 4.37. The van der Waals surface area contributed by atoms with Crippen molar-refractivity contribution in [3.8, 4) is 5.75 Å². The van der Waals surface area contributed by atoms with Gasteiger partial charge >= 0.3 is 0 Å². The van der Waals surface area contributed by atoms with Crippen LogP contribution in [0.25, 0.3) is 10.2 Å². The van der Waals surface area contributed by atoms with Gasteiger partial charge in [-0.05, 0) is 30.0 Å². The second-order valence-electron chi connectivity index (χ2n) is 7.41. The van der Waals surface area contributed by atoms with Crippen LogP contribution in [-0.2, 0) is 4.79 Å². The molecule has 146 valence electrons. The first-order valence-electron chi connectivity index (χ1n) is 9.53. The molecule has 1 saturated heterocycles. The Labute approximate surface area is 168 Å². The van der Waals surface area contributed by atoms with E-state index >= 15 is 0 Å². The average Bonchev–Trinajstić information content (AvgIpc) is 3.30. The Morgan fingerprint density at radius 2 is 2.14 bits per heavy atom. The van der Waals surface area contributed by atoms with Crippen LogP contribution in [0.1, 0.15) is 25.8 Å². The van der Waals surface area contributed by atoms with Gasteiger partial charge in [0, 0.05) is 18.9 Å². The predicted molar refractivity (Wildman–Crippen MR) is 112 cm³/mol. The zero-order chi connectivity index (χ0) is 19.7. The Balaban J connectivity index is 1.53. The summed E-state index contributed by atoms with van der Waals surface area (Å²) in [6.07, 6.45) is 2.42. The maximum Gasteiger partial charge on any atom is 0.225 e. The van der Waals surface area contributed by atoms with Gasteiger partial charge in [0.1, 0.15) is 28.8 Å². The van der Waals surface area contributed by atoms with Crippen LogP contribution in [0.15, 0.2) is 36.0 Å². The highest BCUT2D eigenvalue weighted by Crippen LogP contribution is 2.34. The van der Waals surface area contributed by atoms with Crippen molar-refractivity contribution in [2.24, 2.45) is 5.92 Å². The van der Waals surface area contributed by atoms with Gasteiger partial charge < -0.3 is 15.0 Å². The molecule has 2 aromatic heterocycles. The lowest BCUT2D eigenvalue weighted by Gasteiger charge is -2.20. The summed E-state index contributed by atoms with van der Waals surface area (Å²) in [6, 6.07) is 7.86. The minimum absolute atomic E-state index is 0.000971. The summed E-state index contributed by atoms with van der Waals surface area (Å²) in [6.45, 7) is 7.31. The van der Waals surface area contributed by atoms with Crippen LogP contribution < -0.4 is 10.1 Å². The lowest BCUT2D eigenvalue weighted by Crippen LogP contribution is -2.33. The van der Waals surface area contributed by atoms with Crippen molar-refractivity contribution in [2.75, 3.05) is 18.4 Å².